The lowest BCUT2D eigenvalue weighted by Gasteiger charge is -2.08. The molecule has 0 aliphatic heterocycles. The van der Waals surface area contributed by atoms with Gasteiger partial charge in [-0.05, 0) is 25.7 Å². The summed E-state index contributed by atoms with van der Waals surface area (Å²) in [6.45, 7) is 5.94. The van der Waals surface area contributed by atoms with Gasteiger partial charge in [0.1, 0.15) is 0 Å². The number of rotatable bonds is 22. The van der Waals surface area contributed by atoms with Gasteiger partial charge >= 0.3 is 5.97 Å². The van der Waals surface area contributed by atoms with Crippen LogP contribution in [0.3, 0.4) is 0 Å². The van der Waals surface area contributed by atoms with E-state index in [0.29, 0.717) is 59.0 Å². The lowest BCUT2D eigenvalue weighted by Crippen LogP contribution is -2.25. The molecular weight excluding hydrogens is 412 g/mol. The first kappa shape index (κ1) is 28.6. The molecule has 0 aliphatic carbocycles. The van der Waals surface area contributed by atoms with Gasteiger partial charge in [0.15, 0.2) is 0 Å². The van der Waals surface area contributed by atoms with Crippen molar-refractivity contribution in [1.82, 2.24) is 10.0 Å². The van der Waals surface area contributed by atoms with Crippen LogP contribution < -0.4 is 10.0 Å². The maximum atomic E-state index is 11.4. The Balaban J connectivity index is 3.17. The zero-order chi connectivity index (χ0) is 22.3. The topological polar surface area (TPSA) is 123 Å². The first-order valence-electron chi connectivity index (χ1n) is 10.7. The summed E-state index contributed by atoms with van der Waals surface area (Å²) < 4.78 is 19.0. The third kappa shape index (κ3) is 22.9. The Morgan fingerprint density at radius 1 is 0.767 bits per heavy atom. The SMILES string of the molecule is CCCCC(=O)NCCCOCCOCCOCCCSNC(=O)CCCC(=O)O. The van der Waals surface area contributed by atoms with Crippen LogP contribution in [0.25, 0.3) is 0 Å². The summed E-state index contributed by atoms with van der Waals surface area (Å²) in [5, 5.41) is 11.4. The van der Waals surface area contributed by atoms with E-state index in [1.165, 1.54) is 11.9 Å². The van der Waals surface area contributed by atoms with Gasteiger partial charge in [-0.3, -0.25) is 14.4 Å². The summed E-state index contributed by atoms with van der Waals surface area (Å²) >= 11 is 1.31. The van der Waals surface area contributed by atoms with Gasteiger partial charge in [-0.1, -0.05) is 25.3 Å². The molecule has 0 rings (SSSR count). The Hall–Kier alpha value is -1.36. The molecule has 0 aromatic heterocycles. The molecule has 3 N–H and O–H groups in total. The fourth-order valence-corrected chi connectivity index (χ4v) is 2.81. The van der Waals surface area contributed by atoms with Crippen molar-refractivity contribution < 1.29 is 33.7 Å². The third-order valence-electron chi connectivity index (χ3n) is 3.80. The molecule has 10 heteroatoms. The number of carbonyl (C=O) groups excluding carboxylic acids is 2. The molecule has 0 unspecified atom stereocenters. The largest absolute Gasteiger partial charge is 0.481 e. The second-order valence-corrected chi connectivity index (χ2v) is 7.52. The van der Waals surface area contributed by atoms with Gasteiger partial charge in [-0.25, -0.2) is 0 Å². The van der Waals surface area contributed by atoms with E-state index in [1.807, 2.05) is 0 Å². The highest BCUT2D eigenvalue weighted by Crippen LogP contribution is 2.01. The van der Waals surface area contributed by atoms with E-state index < -0.39 is 5.97 Å². The van der Waals surface area contributed by atoms with Crippen molar-refractivity contribution in [3.05, 3.63) is 0 Å². The molecular formula is C20H38N2O7S. The monoisotopic (exact) mass is 450 g/mol. The summed E-state index contributed by atoms with van der Waals surface area (Å²) in [7, 11) is 0. The van der Waals surface area contributed by atoms with Crippen LogP contribution in [0.2, 0.25) is 0 Å². The molecule has 0 bridgehead atoms. The normalized spacial score (nSPS) is 10.7. The quantitative estimate of drug-likeness (QED) is 0.169. The maximum absolute atomic E-state index is 11.4. The molecule has 0 aromatic carbocycles. The number of amides is 2. The average molecular weight is 451 g/mol. The fraction of sp³-hybridized carbons (Fsp3) is 0.850. The molecule has 30 heavy (non-hydrogen) atoms. The van der Waals surface area contributed by atoms with E-state index in [2.05, 4.69) is 17.0 Å². The first-order valence-corrected chi connectivity index (χ1v) is 11.7. The number of aliphatic carboxylic acids is 1. The number of carbonyl (C=O) groups is 3. The molecule has 0 atom stereocenters. The minimum atomic E-state index is -0.885. The standard InChI is InChI=1S/C20H38N2O7S/c1-2-3-7-18(23)21-10-5-11-27-13-15-29-16-14-28-12-6-17-30-22-19(24)8-4-9-20(25)26/h2-17H2,1H3,(H,21,23)(H,22,24)(H,25,26). The van der Waals surface area contributed by atoms with Crippen molar-refractivity contribution in [3.8, 4) is 0 Å². The summed E-state index contributed by atoms with van der Waals surface area (Å²) in [5.74, 6) is -0.187. The van der Waals surface area contributed by atoms with Crippen molar-refractivity contribution in [2.45, 2.75) is 58.3 Å². The maximum Gasteiger partial charge on any atom is 0.303 e. The highest BCUT2D eigenvalue weighted by atomic mass is 32.2. The van der Waals surface area contributed by atoms with Crippen LogP contribution in [0.5, 0.6) is 0 Å². The van der Waals surface area contributed by atoms with Crippen LogP contribution in [0, 0.1) is 0 Å². The first-order chi connectivity index (χ1) is 14.6. The molecule has 0 saturated heterocycles. The van der Waals surface area contributed by atoms with Crippen LogP contribution in [0.4, 0.5) is 0 Å². The Morgan fingerprint density at radius 3 is 2.00 bits per heavy atom. The molecule has 0 radical (unpaired) electrons. The minimum Gasteiger partial charge on any atom is -0.481 e. The predicted molar refractivity (Wildman–Crippen MR) is 116 cm³/mol. The van der Waals surface area contributed by atoms with Gasteiger partial charge in [0.05, 0.1) is 26.4 Å². The lowest BCUT2D eigenvalue weighted by atomic mass is 10.2. The molecule has 0 fully saturated rings. The summed E-state index contributed by atoms with van der Waals surface area (Å²) in [4.78, 5) is 33.2. The van der Waals surface area contributed by atoms with E-state index in [-0.39, 0.29) is 24.7 Å². The molecule has 2 amide bonds. The molecule has 9 nitrogen and oxygen atoms in total. The number of unbranched alkanes of at least 4 members (excludes halogenated alkanes) is 1. The van der Waals surface area contributed by atoms with Gasteiger partial charge in [-0.15, -0.1) is 0 Å². The van der Waals surface area contributed by atoms with Gasteiger partial charge in [0.25, 0.3) is 0 Å². The van der Waals surface area contributed by atoms with Gasteiger partial charge in [0.2, 0.25) is 11.8 Å². The molecule has 176 valence electrons. The summed E-state index contributed by atoms with van der Waals surface area (Å²) in [6, 6.07) is 0. The highest BCUT2D eigenvalue weighted by Gasteiger charge is 2.03. The average Bonchev–Trinajstić information content (AvgIpc) is 2.71. The Morgan fingerprint density at radius 2 is 1.37 bits per heavy atom. The van der Waals surface area contributed by atoms with Crippen LogP contribution in [-0.2, 0) is 28.6 Å². The van der Waals surface area contributed by atoms with Crippen LogP contribution in [0.15, 0.2) is 0 Å². The predicted octanol–water partition coefficient (Wildman–Crippen LogP) is 2.14. The van der Waals surface area contributed by atoms with Gasteiger partial charge < -0.3 is 29.4 Å². The van der Waals surface area contributed by atoms with Crippen LogP contribution >= 0.6 is 11.9 Å². The Bertz CT molecular complexity index is 453. The number of hydrogen-bond donors (Lipinski definition) is 3. The van der Waals surface area contributed by atoms with E-state index >= 15 is 0 Å². The van der Waals surface area contributed by atoms with E-state index in [9.17, 15) is 14.4 Å². The number of carboxylic acid groups (broad SMARTS) is 1. The smallest absolute Gasteiger partial charge is 0.303 e. The lowest BCUT2D eigenvalue weighted by molar-refractivity contribution is -0.137. The van der Waals surface area contributed by atoms with Crippen molar-refractivity contribution in [2.24, 2.45) is 0 Å². The molecule has 0 aromatic rings. The van der Waals surface area contributed by atoms with Crippen molar-refractivity contribution in [3.63, 3.8) is 0 Å². The van der Waals surface area contributed by atoms with E-state index in [4.69, 9.17) is 19.3 Å². The number of ether oxygens (including phenoxy) is 3. The zero-order valence-electron chi connectivity index (χ0n) is 18.1. The van der Waals surface area contributed by atoms with Crippen molar-refractivity contribution in [2.75, 3.05) is 51.9 Å². The van der Waals surface area contributed by atoms with E-state index in [1.54, 1.807) is 0 Å². The van der Waals surface area contributed by atoms with Crippen LogP contribution in [0.1, 0.15) is 58.3 Å². The summed E-state index contributed by atoms with van der Waals surface area (Å²) in [5.41, 5.74) is 0. The second-order valence-electron chi connectivity index (χ2n) is 6.62. The Labute approximate surface area is 184 Å². The Kier molecular flexibility index (Phi) is 21.3. The van der Waals surface area contributed by atoms with E-state index in [0.717, 1.165) is 31.4 Å². The van der Waals surface area contributed by atoms with Gasteiger partial charge in [-0.2, -0.15) is 0 Å². The molecule has 0 aliphatic rings. The summed E-state index contributed by atoms with van der Waals surface area (Å²) in [6.07, 6.45) is 4.74. The molecule has 0 heterocycles. The minimum absolute atomic E-state index is 0.0129. The number of carboxylic acids is 1. The van der Waals surface area contributed by atoms with Crippen molar-refractivity contribution in [1.29, 1.82) is 0 Å². The van der Waals surface area contributed by atoms with Crippen LogP contribution in [-0.4, -0.2) is 74.8 Å². The zero-order valence-corrected chi connectivity index (χ0v) is 18.9. The second kappa shape index (κ2) is 22.3. The number of nitrogens with one attached hydrogen (secondary N) is 2. The van der Waals surface area contributed by atoms with Gasteiger partial charge in [0, 0.05) is 44.8 Å². The fourth-order valence-electron chi connectivity index (χ4n) is 2.19. The molecule has 0 saturated carbocycles. The van der Waals surface area contributed by atoms with Crippen molar-refractivity contribution >= 4 is 29.7 Å². The highest BCUT2D eigenvalue weighted by molar-refractivity contribution is 7.97. The third-order valence-corrected chi connectivity index (χ3v) is 4.67. The number of hydrogen-bond acceptors (Lipinski definition) is 7. The molecule has 0 spiro atoms.